The van der Waals surface area contributed by atoms with E-state index in [-0.39, 0.29) is 5.76 Å². The lowest BCUT2D eigenvalue weighted by Gasteiger charge is -1.86. The van der Waals surface area contributed by atoms with Crippen molar-refractivity contribution in [1.82, 2.24) is 5.16 Å². The van der Waals surface area contributed by atoms with Gasteiger partial charge in [-0.1, -0.05) is 5.16 Å². The van der Waals surface area contributed by atoms with Gasteiger partial charge in [-0.15, -0.1) is 0 Å². The van der Waals surface area contributed by atoms with Gasteiger partial charge in [0.05, 0.1) is 5.56 Å². The summed E-state index contributed by atoms with van der Waals surface area (Å²) < 4.78 is 4.59. The average molecular weight is 154 g/mol. The summed E-state index contributed by atoms with van der Waals surface area (Å²) in [7, 11) is 0. The van der Waals surface area contributed by atoms with Crippen LogP contribution in [0.25, 0.3) is 0 Å². The smallest absolute Gasteiger partial charge is 0.375 e. The summed E-state index contributed by atoms with van der Waals surface area (Å²) in [5.41, 5.74) is 0.678. The molecule has 11 heavy (non-hydrogen) atoms. The number of carboxylic acids is 1. The van der Waals surface area contributed by atoms with Gasteiger partial charge in [0.15, 0.2) is 5.82 Å². The van der Waals surface area contributed by atoms with Gasteiger partial charge >= 0.3 is 5.97 Å². The van der Waals surface area contributed by atoms with E-state index in [1.165, 1.54) is 0 Å². The van der Waals surface area contributed by atoms with Crippen LogP contribution in [0.4, 0.5) is 5.82 Å². The lowest BCUT2D eigenvalue weighted by atomic mass is 10.2. The van der Waals surface area contributed by atoms with Crippen molar-refractivity contribution >= 4 is 11.8 Å². The van der Waals surface area contributed by atoms with Crippen LogP contribution in [-0.2, 0) is 6.42 Å². The van der Waals surface area contributed by atoms with Gasteiger partial charge in [0.1, 0.15) is 0 Å². The molecule has 2 rings (SSSR count). The Morgan fingerprint density at radius 2 is 2.55 bits per heavy atom. The molecule has 0 unspecified atom stereocenters. The molecule has 0 atom stereocenters. The molecule has 5 nitrogen and oxygen atoms in total. The molecular formula is C6H6N2O3. The number of carbonyl (C=O) groups is 1. The fourth-order valence-electron chi connectivity index (χ4n) is 1.15. The van der Waals surface area contributed by atoms with Gasteiger partial charge in [0.25, 0.3) is 0 Å². The van der Waals surface area contributed by atoms with Gasteiger partial charge in [-0.3, -0.25) is 0 Å². The number of hydrogen-bond acceptors (Lipinski definition) is 4. The molecule has 5 heteroatoms. The van der Waals surface area contributed by atoms with E-state index in [9.17, 15) is 4.79 Å². The highest BCUT2D eigenvalue weighted by Crippen LogP contribution is 2.23. The van der Waals surface area contributed by atoms with Crippen LogP contribution in [0.1, 0.15) is 16.1 Å². The predicted molar refractivity (Wildman–Crippen MR) is 35.7 cm³/mol. The van der Waals surface area contributed by atoms with Gasteiger partial charge in [0.2, 0.25) is 5.76 Å². The first kappa shape index (κ1) is 6.21. The molecule has 0 aromatic carbocycles. The van der Waals surface area contributed by atoms with Crippen molar-refractivity contribution in [2.45, 2.75) is 6.42 Å². The summed E-state index contributed by atoms with van der Waals surface area (Å²) in [4.78, 5) is 10.5. The van der Waals surface area contributed by atoms with E-state index in [0.29, 0.717) is 17.8 Å². The molecular weight excluding hydrogens is 148 g/mol. The molecule has 0 amide bonds. The maximum Gasteiger partial charge on any atom is 0.375 e. The first-order chi connectivity index (χ1) is 5.29. The van der Waals surface area contributed by atoms with E-state index in [1.54, 1.807) is 0 Å². The lowest BCUT2D eigenvalue weighted by Crippen LogP contribution is -1.98. The number of fused-ring (bicyclic) bond motifs is 1. The van der Waals surface area contributed by atoms with Gasteiger partial charge in [-0.2, -0.15) is 0 Å². The zero-order valence-electron chi connectivity index (χ0n) is 5.63. The van der Waals surface area contributed by atoms with E-state index < -0.39 is 5.97 Å². The second-order valence-electron chi connectivity index (χ2n) is 2.32. The average Bonchev–Trinajstić information content (AvgIpc) is 2.41. The second kappa shape index (κ2) is 1.98. The highest BCUT2D eigenvalue weighted by atomic mass is 16.5. The third-order valence-corrected chi connectivity index (χ3v) is 1.65. The highest BCUT2D eigenvalue weighted by Gasteiger charge is 2.24. The fourth-order valence-corrected chi connectivity index (χ4v) is 1.15. The van der Waals surface area contributed by atoms with Gasteiger partial charge in [-0.25, -0.2) is 4.79 Å². The number of aromatic carboxylic acids is 1. The maximum atomic E-state index is 10.5. The zero-order chi connectivity index (χ0) is 7.84. The number of anilines is 1. The van der Waals surface area contributed by atoms with Gasteiger partial charge < -0.3 is 14.9 Å². The molecule has 0 radical (unpaired) electrons. The Hall–Kier alpha value is -1.52. The van der Waals surface area contributed by atoms with Crippen molar-refractivity contribution < 1.29 is 14.4 Å². The van der Waals surface area contributed by atoms with E-state index >= 15 is 0 Å². The first-order valence-electron chi connectivity index (χ1n) is 3.25. The minimum absolute atomic E-state index is 0.0370. The monoisotopic (exact) mass is 154 g/mol. The summed E-state index contributed by atoms with van der Waals surface area (Å²) in [5, 5.41) is 15.0. The Bertz CT molecular complexity index is 305. The number of carboxylic acid groups (broad SMARTS) is 1. The number of nitrogens with zero attached hydrogens (tertiary/aromatic N) is 1. The van der Waals surface area contributed by atoms with Crippen LogP contribution in [0.5, 0.6) is 0 Å². The summed E-state index contributed by atoms with van der Waals surface area (Å²) >= 11 is 0. The molecule has 0 fully saturated rings. The Labute approximate surface area is 62.0 Å². The summed E-state index contributed by atoms with van der Waals surface area (Å²) in [6.07, 6.45) is 0.681. The van der Waals surface area contributed by atoms with Crippen LogP contribution < -0.4 is 5.32 Å². The van der Waals surface area contributed by atoms with Crippen molar-refractivity contribution in [2.24, 2.45) is 0 Å². The van der Waals surface area contributed by atoms with Crippen molar-refractivity contribution in [3.05, 3.63) is 11.3 Å². The molecule has 0 bridgehead atoms. The number of nitrogens with one attached hydrogen (secondary N) is 1. The topological polar surface area (TPSA) is 75.4 Å². The molecule has 0 aliphatic carbocycles. The van der Waals surface area contributed by atoms with Crippen LogP contribution in [0.3, 0.4) is 0 Å². The minimum Gasteiger partial charge on any atom is -0.475 e. The largest absolute Gasteiger partial charge is 0.475 e. The third kappa shape index (κ3) is 0.772. The predicted octanol–water partition coefficient (Wildman–Crippen LogP) is 0.341. The van der Waals surface area contributed by atoms with Crippen molar-refractivity contribution in [3.8, 4) is 0 Å². The standard InChI is InChI=1S/C6H6N2O3/c9-6(10)4-3-1-2-7-5(3)8-11-4/h1-2H2,(H,7,8)(H,9,10). The van der Waals surface area contributed by atoms with Crippen LogP contribution in [0.15, 0.2) is 4.52 Å². The van der Waals surface area contributed by atoms with Crippen molar-refractivity contribution in [2.75, 3.05) is 11.9 Å². The van der Waals surface area contributed by atoms with Gasteiger partial charge in [-0.05, 0) is 6.42 Å². The number of aromatic nitrogens is 1. The molecule has 2 N–H and O–H groups in total. The molecule has 2 heterocycles. The normalized spacial score (nSPS) is 14.2. The molecule has 0 saturated heterocycles. The first-order valence-corrected chi connectivity index (χ1v) is 3.25. The SMILES string of the molecule is O=C(O)c1onc2c1CCN2. The minimum atomic E-state index is -1.05. The molecule has 0 spiro atoms. The second-order valence-corrected chi connectivity index (χ2v) is 2.32. The zero-order valence-corrected chi connectivity index (χ0v) is 5.63. The van der Waals surface area contributed by atoms with E-state index in [2.05, 4.69) is 15.0 Å². The summed E-state index contributed by atoms with van der Waals surface area (Å²) in [5.74, 6) is -0.519. The maximum absolute atomic E-state index is 10.5. The van der Waals surface area contributed by atoms with E-state index in [4.69, 9.17) is 5.11 Å². The number of rotatable bonds is 1. The van der Waals surface area contributed by atoms with Gasteiger partial charge in [0, 0.05) is 6.54 Å². The fraction of sp³-hybridized carbons (Fsp3) is 0.333. The van der Waals surface area contributed by atoms with E-state index in [1.807, 2.05) is 0 Å². The molecule has 1 aromatic rings. The molecule has 1 aliphatic rings. The molecule has 1 aromatic heterocycles. The number of hydrogen-bond donors (Lipinski definition) is 2. The molecule has 58 valence electrons. The van der Waals surface area contributed by atoms with Crippen LogP contribution in [-0.4, -0.2) is 22.8 Å². The van der Waals surface area contributed by atoms with Crippen LogP contribution in [0.2, 0.25) is 0 Å². The van der Waals surface area contributed by atoms with E-state index in [0.717, 1.165) is 6.54 Å². The Kier molecular flexibility index (Phi) is 1.12. The third-order valence-electron chi connectivity index (χ3n) is 1.65. The highest BCUT2D eigenvalue weighted by molar-refractivity contribution is 5.88. The quantitative estimate of drug-likeness (QED) is 0.610. The Balaban J connectivity index is 2.50. The summed E-state index contributed by atoms with van der Waals surface area (Å²) in [6, 6.07) is 0. The van der Waals surface area contributed by atoms with Crippen molar-refractivity contribution in [3.63, 3.8) is 0 Å². The molecule has 0 saturated carbocycles. The van der Waals surface area contributed by atoms with Crippen LogP contribution >= 0.6 is 0 Å². The van der Waals surface area contributed by atoms with Crippen LogP contribution in [0, 0.1) is 0 Å². The van der Waals surface area contributed by atoms with Crippen molar-refractivity contribution in [1.29, 1.82) is 0 Å². The Morgan fingerprint density at radius 1 is 1.73 bits per heavy atom. The summed E-state index contributed by atoms with van der Waals surface area (Å²) in [6.45, 7) is 0.744. The lowest BCUT2D eigenvalue weighted by molar-refractivity contribution is 0.0650. The molecule has 1 aliphatic heterocycles. The Morgan fingerprint density at radius 3 is 3.27 bits per heavy atom.